The Bertz CT molecular complexity index is 835. The zero-order valence-electron chi connectivity index (χ0n) is 16.3. The van der Waals surface area contributed by atoms with Crippen molar-refractivity contribution in [3.63, 3.8) is 0 Å². The van der Waals surface area contributed by atoms with Gasteiger partial charge in [-0.25, -0.2) is 4.39 Å². The summed E-state index contributed by atoms with van der Waals surface area (Å²) in [7, 11) is 0. The number of allylic oxidation sites excluding steroid dienone is 3. The highest BCUT2D eigenvalue weighted by Gasteiger charge is 2.44. The van der Waals surface area contributed by atoms with Crippen LogP contribution < -0.4 is 4.74 Å². The van der Waals surface area contributed by atoms with E-state index in [1.165, 1.54) is 6.20 Å². The van der Waals surface area contributed by atoms with Crippen molar-refractivity contribution in [2.24, 2.45) is 0 Å². The molecule has 0 saturated heterocycles. The molecule has 8 heteroatoms. The largest absolute Gasteiger partial charge is 0.461 e. The van der Waals surface area contributed by atoms with Crippen molar-refractivity contribution >= 4 is 11.6 Å². The van der Waals surface area contributed by atoms with Crippen molar-refractivity contribution in [3.05, 3.63) is 83.4 Å². The average molecular weight is 446 g/mol. The first-order valence-corrected chi connectivity index (χ1v) is 8.82. The fourth-order valence-electron chi connectivity index (χ4n) is 2.05. The number of ether oxygens (including phenoxy) is 1. The maximum absolute atomic E-state index is 13.6. The first-order chi connectivity index (χ1) is 14.1. The number of alkyl halides is 4. The van der Waals surface area contributed by atoms with Crippen LogP contribution in [0.15, 0.2) is 61.3 Å². The molecule has 0 aliphatic carbocycles. The van der Waals surface area contributed by atoms with Crippen LogP contribution in [0.25, 0.3) is 0 Å². The van der Waals surface area contributed by atoms with Crippen LogP contribution in [-0.4, -0.2) is 17.5 Å². The highest BCUT2D eigenvalue weighted by Crippen LogP contribution is 2.32. The number of halogens is 6. The standard InChI is InChI=1S/C15H11ClF5NO.C5H8.C2H2/c1-8(13-3-2-10(16)7-22-13)9-4-11(17)6-12(5-9)23-15(20,21)14(18)19;1-3-5-4-2;1-2/h2-8,14H,1H3;3-5H,1H2,2H3;1-2H/b;5-4+;/t8-;;/m0../s1. The molecular formula is C22H21ClF5NO. The molecule has 0 aliphatic rings. The lowest BCUT2D eigenvalue weighted by Crippen LogP contribution is -2.33. The van der Waals surface area contributed by atoms with Gasteiger partial charge < -0.3 is 4.74 Å². The van der Waals surface area contributed by atoms with Crippen molar-refractivity contribution in [2.75, 3.05) is 0 Å². The number of rotatable bonds is 6. The lowest BCUT2D eigenvalue weighted by molar-refractivity contribution is -0.253. The summed E-state index contributed by atoms with van der Waals surface area (Å²) in [4.78, 5) is 4.05. The molecular weight excluding hydrogens is 425 g/mol. The van der Waals surface area contributed by atoms with Crippen molar-refractivity contribution < 1.29 is 26.7 Å². The second kappa shape index (κ2) is 13.4. The van der Waals surface area contributed by atoms with Crippen LogP contribution in [-0.2, 0) is 0 Å². The highest BCUT2D eigenvalue weighted by atomic mass is 35.5. The SMILES string of the molecule is C#C.C=C/C=C/C.C[C@@H](c1cc(F)cc(OC(F)(F)C(F)F)c1)c1ccc(Cl)cn1. The summed E-state index contributed by atoms with van der Waals surface area (Å²) in [5, 5.41) is 0.404. The van der Waals surface area contributed by atoms with E-state index in [0.717, 1.165) is 12.1 Å². The summed E-state index contributed by atoms with van der Waals surface area (Å²) in [6.45, 7) is 7.08. The summed E-state index contributed by atoms with van der Waals surface area (Å²) >= 11 is 5.72. The molecule has 0 unspecified atom stereocenters. The monoisotopic (exact) mass is 445 g/mol. The van der Waals surface area contributed by atoms with Gasteiger partial charge in [-0.3, -0.25) is 4.98 Å². The zero-order chi connectivity index (χ0) is 23.3. The Labute approximate surface area is 178 Å². The number of terminal acetylenes is 1. The summed E-state index contributed by atoms with van der Waals surface area (Å²) in [6.07, 6.45) is 6.24. The van der Waals surface area contributed by atoms with Crippen LogP contribution >= 0.6 is 11.6 Å². The molecule has 0 fully saturated rings. The Kier molecular flexibility index (Phi) is 12.1. The van der Waals surface area contributed by atoms with Gasteiger partial charge >= 0.3 is 12.5 Å². The van der Waals surface area contributed by atoms with E-state index in [1.807, 2.05) is 19.1 Å². The third-order valence-corrected chi connectivity index (χ3v) is 3.65. The summed E-state index contributed by atoms with van der Waals surface area (Å²) in [5.74, 6) is -2.06. The molecule has 1 aromatic heterocycles. The highest BCUT2D eigenvalue weighted by molar-refractivity contribution is 6.30. The molecule has 0 saturated carbocycles. The first kappa shape index (κ1) is 27.2. The third-order valence-electron chi connectivity index (χ3n) is 3.42. The number of nitrogens with zero attached hydrogens (tertiary/aromatic N) is 1. The lowest BCUT2D eigenvalue weighted by Gasteiger charge is -2.18. The molecule has 30 heavy (non-hydrogen) atoms. The van der Waals surface area contributed by atoms with Gasteiger partial charge in [0.1, 0.15) is 11.6 Å². The molecule has 162 valence electrons. The molecule has 0 amide bonds. The Hall–Kier alpha value is -2.85. The van der Waals surface area contributed by atoms with E-state index >= 15 is 0 Å². The predicted octanol–water partition coefficient (Wildman–Crippen LogP) is 7.26. The number of hydrogen-bond donors (Lipinski definition) is 0. The fourth-order valence-corrected chi connectivity index (χ4v) is 2.16. The summed E-state index contributed by atoms with van der Waals surface area (Å²) in [5.41, 5.74) is 0.756. The molecule has 1 heterocycles. The van der Waals surface area contributed by atoms with Gasteiger partial charge in [0.25, 0.3) is 0 Å². The number of pyridine rings is 1. The molecule has 0 aliphatic heterocycles. The van der Waals surface area contributed by atoms with Gasteiger partial charge in [0.05, 0.1) is 5.02 Å². The van der Waals surface area contributed by atoms with Crippen LogP contribution in [0.3, 0.4) is 0 Å². The van der Waals surface area contributed by atoms with E-state index < -0.39 is 30.0 Å². The molecule has 0 N–H and O–H groups in total. The molecule has 2 rings (SSSR count). The van der Waals surface area contributed by atoms with Crippen LogP contribution in [0, 0.1) is 18.7 Å². The van der Waals surface area contributed by atoms with E-state index in [9.17, 15) is 22.0 Å². The smallest absolute Gasteiger partial charge is 0.428 e. The quantitative estimate of drug-likeness (QED) is 0.265. The molecule has 1 aromatic carbocycles. The molecule has 0 spiro atoms. The van der Waals surface area contributed by atoms with E-state index in [4.69, 9.17) is 11.6 Å². The minimum atomic E-state index is -4.70. The molecule has 0 bridgehead atoms. The molecule has 1 atom stereocenters. The number of hydrogen-bond acceptors (Lipinski definition) is 2. The van der Waals surface area contributed by atoms with Gasteiger partial charge in [-0.05, 0) is 36.8 Å². The third kappa shape index (κ3) is 9.10. The van der Waals surface area contributed by atoms with Crippen LogP contribution in [0.4, 0.5) is 22.0 Å². The minimum Gasteiger partial charge on any atom is -0.428 e. The fraction of sp³-hybridized carbons (Fsp3) is 0.227. The molecule has 2 nitrogen and oxygen atoms in total. The number of aromatic nitrogens is 1. The van der Waals surface area contributed by atoms with E-state index in [-0.39, 0.29) is 5.56 Å². The van der Waals surface area contributed by atoms with E-state index in [0.29, 0.717) is 16.8 Å². The van der Waals surface area contributed by atoms with Gasteiger partial charge in [0, 0.05) is 23.9 Å². The van der Waals surface area contributed by atoms with Crippen molar-refractivity contribution in [1.82, 2.24) is 4.98 Å². The Balaban J connectivity index is 0.00000105. The van der Waals surface area contributed by atoms with Gasteiger partial charge in [-0.15, -0.1) is 12.8 Å². The first-order valence-electron chi connectivity index (χ1n) is 8.44. The Morgan fingerprint density at radius 1 is 1.20 bits per heavy atom. The van der Waals surface area contributed by atoms with E-state index in [2.05, 4.69) is 29.1 Å². The maximum atomic E-state index is 13.6. The van der Waals surface area contributed by atoms with Crippen LogP contribution in [0.5, 0.6) is 5.75 Å². The van der Waals surface area contributed by atoms with Gasteiger partial charge in [-0.2, -0.15) is 17.6 Å². The van der Waals surface area contributed by atoms with Crippen LogP contribution in [0.1, 0.15) is 31.0 Å². The Morgan fingerprint density at radius 2 is 1.83 bits per heavy atom. The normalized spacial score (nSPS) is 11.7. The van der Waals surface area contributed by atoms with Gasteiger partial charge in [0.2, 0.25) is 0 Å². The van der Waals surface area contributed by atoms with Crippen molar-refractivity contribution in [1.29, 1.82) is 0 Å². The minimum absolute atomic E-state index is 0.250. The predicted molar refractivity (Wildman–Crippen MR) is 110 cm³/mol. The molecule has 2 aromatic rings. The summed E-state index contributed by atoms with van der Waals surface area (Å²) < 4.78 is 67.7. The maximum Gasteiger partial charge on any atom is 0.461 e. The summed E-state index contributed by atoms with van der Waals surface area (Å²) in [6, 6.07) is 5.94. The van der Waals surface area contributed by atoms with Gasteiger partial charge in [0.15, 0.2) is 0 Å². The van der Waals surface area contributed by atoms with E-state index in [1.54, 1.807) is 25.1 Å². The second-order valence-electron chi connectivity index (χ2n) is 5.57. The Morgan fingerprint density at radius 3 is 2.27 bits per heavy atom. The van der Waals surface area contributed by atoms with Crippen molar-refractivity contribution in [2.45, 2.75) is 32.3 Å². The second-order valence-corrected chi connectivity index (χ2v) is 6.01. The van der Waals surface area contributed by atoms with Gasteiger partial charge in [-0.1, -0.05) is 43.3 Å². The van der Waals surface area contributed by atoms with Crippen molar-refractivity contribution in [3.8, 4) is 18.6 Å². The average Bonchev–Trinajstić information content (AvgIpc) is 2.70. The topological polar surface area (TPSA) is 22.1 Å². The zero-order valence-corrected chi connectivity index (χ0v) is 17.1. The van der Waals surface area contributed by atoms with Crippen LogP contribution in [0.2, 0.25) is 5.02 Å². The molecule has 0 radical (unpaired) electrons. The number of benzene rings is 1. The lowest BCUT2D eigenvalue weighted by atomic mass is 9.97.